The highest BCUT2D eigenvalue weighted by atomic mass is 16.3. The molecular formula is C9H15NO2. The quantitative estimate of drug-likeness (QED) is 0.610. The second kappa shape index (κ2) is 12.3. The summed E-state index contributed by atoms with van der Waals surface area (Å²) < 4.78 is 0. The molecule has 0 aliphatic carbocycles. The van der Waals surface area contributed by atoms with E-state index in [2.05, 4.69) is 5.32 Å². The fourth-order valence-electron chi connectivity index (χ4n) is 0.428. The van der Waals surface area contributed by atoms with Crippen LogP contribution in [0.4, 0.5) is 0 Å². The summed E-state index contributed by atoms with van der Waals surface area (Å²) in [5.41, 5.74) is 0. The Labute approximate surface area is 73.0 Å². The van der Waals surface area contributed by atoms with Crippen LogP contribution in [0.15, 0.2) is 30.3 Å². The number of carbonyl (C=O) groups excluding carboxylic acids is 1. The molecule has 1 aromatic carbocycles. The van der Waals surface area contributed by atoms with Crippen LogP contribution in [0.1, 0.15) is 0 Å². The highest BCUT2D eigenvalue weighted by Crippen LogP contribution is 2.02. The van der Waals surface area contributed by atoms with Gasteiger partial charge in [0, 0.05) is 0 Å². The van der Waals surface area contributed by atoms with E-state index in [1.807, 2.05) is 27.0 Å². The topological polar surface area (TPSA) is 49.3 Å². The van der Waals surface area contributed by atoms with Crippen molar-refractivity contribution < 1.29 is 9.90 Å². The molecule has 0 aliphatic heterocycles. The zero-order valence-electron chi connectivity index (χ0n) is 7.45. The van der Waals surface area contributed by atoms with Crippen LogP contribution in [0.3, 0.4) is 0 Å². The Morgan fingerprint density at radius 1 is 1.17 bits per heavy atom. The number of benzene rings is 1. The molecule has 0 aromatic heterocycles. The molecule has 1 rings (SSSR count). The van der Waals surface area contributed by atoms with Crippen molar-refractivity contribution in [2.24, 2.45) is 0 Å². The minimum absolute atomic E-state index is 0.322. The molecule has 0 saturated heterocycles. The highest BCUT2D eigenvalue weighted by Gasteiger charge is 1.74. The van der Waals surface area contributed by atoms with Gasteiger partial charge in [-0.25, -0.2) is 0 Å². The summed E-state index contributed by atoms with van der Waals surface area (Å²) in [6.45, 7) is 2.00. The van der Waals surface area contributed by atoms with Gasteiger partial charge < -0.3 is 15.2 Å². The van der Waals surface area contributed by atoms with Crippen LogP contribution in [0, 0.1) is 0 Å². The van der Waals surface area contributed by atoms with Gasteiger partial charge in [0.05, 0.1) is 0 Å². The van der Waals surface area contributed by atoms with Gasteiger partial charge in [-0.05, 0) is 26.2 Å². The third-order valence-corrected chi connectivity index (χ3v) is 0.756. The number of aromatic hydroxyl groups is 1. The Morgan fingerprint density at radius 2 is 1.50 bits per heavy atom. The van der Waals surface area contributed by atoms with Gasteiger partial charge in [0.2, 0.25) is 0 Å². The molecule has 1 aromatic rings. The summed E-state index contributed by atoms with van der Waals surface area (Å²) in [4.78, 5) is 8.00. The summed E-state index contributed by atoms with van der Waals surface area (Å²) >= 11 is 0. The Balaban J connectivity index is 0. The number of phenols is 1. The van der Waals surface area contributed by atoms with Crippen molar-refractivity contribution in [2.45, 2.75) is 0 Å². The minimum atomic E-state index is 0.322. The monoisotopic (exact) mass is 169 g/mol. The lowest BCUT2D eigenvalue weighted by Crippen LogP contribution is -1.89. The maximum absolute atomic E-state index is 8.63. The average molecular weight is 169 g/mol. The standard InChI is InChI=1S/C6H6O.C2H7N.CH2O/c7-6-4-2-1-3-5-6;1-3-2;1-2/h1-5,7H;3H,1-2H3;1H2. The van der Waals surface area contributed by atoms with E-state index >= 15 is 0 Å². The first-order chi connectivity index (χ1) is 5.81. The van der Waals surface area contributed by atoms with Gasteiger partial charge in [-0.2, -0.15) is 0 Å². The van der Waals surface area contributed by atoms with Gasteiger partial charge in [0.1, 0.15) is 12.5 Å². The molecule has 3 nitrogen and oxygen atoms in total. The molecule has 0 aliphatic rings. The van der Waals surface area contributed by atoms with Crippen molar-refractivity contribution in [2.75, 3.05) is 14.1 Å². The summed E-state index contributed by atoms with van der Waals surface area (Å²) in [6, 6.07) is 8.71. The van der Waals surface area contributed by atoms with Gasteiger partial charge >= 0.3 is 0 Å². The normalized spacial score (nSPS) is 6.83. The predicted octanol–water partition coefficient (Wildman–Crippen LogP) is 1.04. The maximum atomic E-state index is 8.63. The van der Waals surface area contributed by atoms with Crippen LogP contribution in [-0.2, 0) is 4.79 Å². The van der Waals surface area contributed by atoms with Gasteiger partial charge in [-0.1, -0.05) is 18.2 Å². The summed E-state index contributed by atoms with van der Waals surface area (Å²) in [5.74, 6) is 0.322. The number of phenolic OH excluding ortho intramolecular Hbond substituents is 1. The molecule has 0 radical (unpaired) electrons. The van der Waals surface area contributed by atoms with E-state index in [-0.39, 0.29) is 0 Å². The van der Waals surface area contributed by atoms with Gasteiger partial charge in [0.15, 0.2) is 0 Å². The first kappa shape index (κ1) is 13.3. The van der Waals surface area contributed by atoms with Crippen molar-refractivity contribution >= 4 is 6.79 Å². The first-order valence-corrected chi connectivity index (χ1v) is 3.42. The van der Waals surface area contributed by atoms with Crippen LogP contribution in [0.25, 0.3) is 0 Å². The van der Waals surface area contributed by atoms with Crippen molar-refractivity contribution in [3.05, 3.63) is 30.3 Å². The van der Waals surface area contributed by atoms with E-state index < -0.39 is 0 Å². The summed E-state index contributed by atoms with van der Waals surface area (Å²) in [5, 5.41) is 11.4. The Morgan fingerprint density at radius 3 is 1.67 bits per heavy atom. The SMILES string of the molecule is C=O.CNC.Oc1ccccc1. The fraction of sp³-hybridized carbons (Fsp3) is 0.222. The zero-order valence-corrected chi connectivity index (χ0v) is 7.45. The van der Waals surface area contributed by atoms with Crippen LogP contribution in [-0.4, -0.2) is 26.0 Å². The molecule has 68 valence electrons. The average Bonchev–Trinajstić information content (AvgIpc) is 2.11. The second-order valence-electron chi connectivity index (χ2n) is 1.84. The Hall–Kier alpha value is -1.35. The van der Waals surface area contributed by atoms with Crippen LogP contribution in [0.2, 0.25) is 0 Å². The largest absolute Gasteiger partial charge is 0.508 e. The van der Waals surface area contributed by atoms with E-state index in [4.69, 9.17) is 9.90 Å². The molecular weight excluding hydrogens is 154 g/mol. The van der Waals surface area contributed by atoms with Gasteiger partial charge in [-0.15, -0.1) is 0 Å². The van der Waals surface area contributed by atoms with E-state index in [0.29, 0.717) is 5.75 Å². The molecule has 0 heterocycles. The van der Waals surface area contributed by atoms with Crippen LogP contribution in [0.5, 0.6) is 5.75 Å². The molecule has 3 heteroatoms. The number of rotatable bonds is 0. The van der Waals surface area contributed by atoms with Crippen molar-refractivity contribution in [1.29, 1.82) is 0 Å². The first-order valence-electron chi connectivity index (χ1n) is 3.42. The molecule has 0 spiro atoms. The van der Waals surface area contributed by atoms with E-state index in [0.717, 1.165) is 0 Å². The third-order valence-electron chi connectivity index (χ3n) is 0.756. The van der Waals surface area contributed by atoms with Crippen molar-refractivity contribution in [1.82, 2.24) is 5.32 Å². The van der Waals surface area contributed by atoms with Crippen LogP contribution < -0.4 is 5.32 Å². The molecule has 0 saturated carbocycles. The lowest BCUT2D eigenvalue weighted by molar-refractivity contribution is -0.0979. The third kappa shape index (κ3) is 11.4. The molecule has 0 atom stereocenters. The Kier molecular flexibility index (Phi) is 13.6. The van der Waals surface area contributed by atoms with Crippen molar-refractivity contribution in [3.8, 4) is 5.75 Å². The fourth-order valence-corrected chi connectivity index (χ4v) is 0.428. The number of carbonyl (C=O) groups is 1. The Bertz CT molecular complexity index is 165. The molecule has 0 unspecified atom stereocenters. The van der Waals surface area contributed by atoms with Gasteiger partial charge in [-0.3, -0.25) is 0 Å². The minimum Gasteiger partial charge on any atom is -0.508 e. The predicted molar refractivity (Wildman–Crippen MR) is 50.2 cm³/mol. The van der Waals surface area contributed by atoms with E-state index in [1.54, 1.807) is 24.3 Å². The van der Waals surface area contributed by atoms with E-state index in [9.17, 15) is 0 Å². The van der Waals surface area contributed by atoms with Crippen molar-refractivity contribution in [3.63, 3.8) is 0 Å². The molecule has 12 heavy (non-hydrogen) atoms. The zero-order chi connectivity index (χ0) is 9.82. The number of nitrogens with one attached hydrogen (secondary N) is 1. The highest BCUT2D eigenvalue weighted by molar-refractivity contribution is 5.18. The lowest BCUT2D eigenvalue weighted by atomic mass is 10.3. The number of para-hydroxylation sites is 1. The number of hydrogen-bond donors (Lipinski definition) is 2. The smallest absolute Gasteiger partial charge is 0.115 e. The molecule has 0 fully saturated rings. The lowest BCUT2D eigenvalue weighted by Gasteiger charge is -1.82. The second-order valence-corrected chi connectivity index (χ2v) is 1.84. The molecule has 0 amide bonds. The molecule has 0 bridgehead atoms. The van der Waals surface area contributed by atoms with E-state index in [1.165, 1.54) is 0 Å². The summed E-state index contributed by atoms with van der Waals surface area (Å²) in [6.07, 6.45) is 0. The summed E-state index contributed by atoms with van der Waals surface area (Å²) in [7, 11) is 3.75. The van der Waals surface area contributed by atoms with Crippen LogP contribution >= 0.6 is 0 Å². The molecule has 2 N–H and O–H groups in total. The number of hydrogen-bond acceptors (Lipinski definition) is 3. The maximum Gasteiger partial charge on any atom is 0.115 e. The van der Waals surface area contributed by atoms with Gasteiger partial charge in [0.25, 0.3) is 0 Å².